The van der Waals surface area contributed by atoms with Crippen molar-refractivity contribution in [2.45, 2.75) is 64.4 Å². The summed E-state index contributed by atoms with van der Waals surface area (Å²) in [7, 11) is 0. The van der Waals surface area contributed by atoms with Crippen LogP contribution in [0.4, 0.5) is 4.79 Å². The van der Waals surface area contributed by atoms with Gasteiger partial charge in [-0.1, -0.05) is 44.2 Å². The number of carbonyl (C=O) groups excluding carboxylic acids is 1. The minimum atomic E-state index is -0.833. The van der Waals surface area contributed by atoms with E-state index in [1.54, 1.807) is 0 Å². The molecule has 0 saturated heterocycles. The number of hydrogen-bond donors (Lipinski definition) is 2. The van der Waals surface area contributed by atoms with Crippen LogP contribution in [0, 0.1) is 5.92 Å². The van der Waals surface area contributed by atoms with Gasteiger partial charge in [-0.15, -0.1) is 0 Å². The van der Waals surface area contributed by atoms with Crippen LogP contribution in [-0.2, 0) is 9.53 Å². The van der Waals surface area contributed by atoms with E-state index in [2.05, 4.69) is 5.32 Å². The van der Waals surface area contributed by atoms with Crippen LogP contribution in [0.25, 0.3) is 0 Å². The fraction of sp³-hybridized carbons (Fsp3) is 0.857. The van der Waals surface area contributed by atoms with E-state index >= 15 is 0 Å². The molecule has 0 heterocycles. The van der Waals surface area contributed by atoms with Gasteiger partial charge in [-0.25, -0.2) is 4.79 Å². The molecule has 2 N–H and O–H groups in total. The van der Waals surface area contributed by atoms with Gasteiger partial charge in [0.15, 0.2) is 5.56 Å². The fourth-order valence-electron chi connectivity index (χ4n) is 2.06. The van der Waals surface area contributed by atoms with Gasteiger partial charge in [-0.2, -0.15) is 0 Å². The second-order valence-corrected chi connectivity index (χ2v) is 5.49. The molecule has 6 heteroatoms. The number of carboxylic acids is 1. The zero-order valence-electron chi connectivity index (χ0n) is 12.4. The normalized spacial score (nSPS) is 16.6. The molecule has 0 aliphatic heterocycles. The number of alkyl halides is 1. The van der Waals surface area contributed by atoms with Crippen LogP contribution >= 0.6 is 11.6 Å². The summed E-state index contributed by atoms with van der Waals surface area (Å²) in [6.45, 7) is 3.83. The van der Waals surface area contributed by atoms with E-state index in [0.717, 1.165) is 19.9 Å². The van der Waals surface area contributed by atoms with E-state index in [0.29, 0.717) is 12.3 Å². The summed E-state index contributed by atoms with van der Waals surface area (Å²) >= 11 is 5.81. The standard InChI is InChI=1S/C12H22ClNO2.C2H4O2/c1-2-6-11(13)16-12(15)14-9-10-7-4-3-5-8-10;1-2(3)4/h10-11H,2-9H2,1H3,(H,14,15);1H3,(H,3,4). The van der Waals surface area contributed by atoms with E-state index < -0.39 is 11.5 Å². The summed E-state index contributed by atoms with van der Waals surface area (Å²) in [5.74, 6) is -0.207. The van der Waals surface area contributed by atoms with Gasteiger partial charge in [-0.3, -0.25) is 4.79 Å². The largest absolute Gasteiger partial charge is 0.481 e. The number of aliphatic carboxylic acids is 1. The lowest BCUT2D eigenvalue weighted by atomic mass is 9.89. The summed E-state index contributed by atoms with van der Waals surface area (Å²) in [5, 5.41) is 10.2. The van der Waals surface area contributed by atoms with Crippen LogP contribution in [0.3, 0.4) is 0 Å². The predicted octanol–water partition coefficient (Wildman–Crippen LogP) is 3.75. The number of nitrogens with one attached hydrogen (secondary N) is 1. The smallest absolute Gasteiger partial charge is 0.408 e. The van der Waals surface area contributed by atoms with Crippen LogP contribution in [0.15, 0.2) is 0 Å². The third-order valence-electron chi connectivity index (χ3n) is 3.01. The first-order chi connectivity index (χ1) is 9.45. The molecular weight excluding hydrogens is 282 g/mol. The molecule has 0 bridgehead atoms. The lowest BCUT2D eigenvalue weighted by Gasteiger charge is -2.21. The van der Waals surface area contributed by atoms with Gasteiger partial charge < -0.3 is 15.2 Å². The van der Waals surface area contributed by atoms with Crippen LogP contribution in [0.5, 0.6) is 0 Å². The van der Waals surface area contributed by atoms with E-state index in [1.807, 2.05) is 6.92 Å². The van der Waals surface area contributed by atoms with Crippen molar-refractivity contribution in [2.75, 3.05) is 6.54 Å². The van der Waals surface area contributed by atoms with Gasteiger partial charge in [-0.05, 0) is 25.2 Å². The van der Waals surface area contributed by atoms with Gasteiger partial charge in [0.1, 0.15) is 0 Å². The Hall–Kier alpha value is -0.970. The first kappa shape index (κ1) is 19.0. The molecule has 5 nitrogen and oxygen atoms in total. The quantitative estimate of drug-likeness (QED) is 0.758. The molecule has 0 spiro atoms. The Bertz CT molecular complexity index is 276. The highest BCUT2D eigenvalue weighted by Crippen LogP contribution is 2.22. The molecule has 0 radical (unpaired) electrons. The number of ether oxygens (including phenoxy) is 1. The van der Waals surface area contributed by atoms with Crippen molar-refractivity contribution in [3.63, 3.8) is 0 Å². The number of rotatable bonds is 5. The second-order valence-electron chi connectivity index (χ2n) is 5.01. The third kappa shape index (κ3) is 12.1. The predicted molar refractivity (Wildman–Crippen MR) is 78.9 cm³/mol. The minimum absolute atomic E-state index is 0.376. The Morgan fingerprint density at radius 3 is 2.40 bits per heavy atom. The van der Waals surface area contributed by atoms with Gasteiger partial charge in [0, 0.05) is 13.5 Å². The van der Waals surface area contributed by atoms with Crippen molar-refractivity contribution in [1.29, 1.82) is 0 Å². The Morgan fingerprint density at radius 1 is 1.35 bits per heavy atom. The summed E-state index contributed by atoms with van der Waals surface area (Å²) in [5.41, 5.74) is -0.489. The molecule has 1 saturated carbocycles. The van der Waals surface area contributed by atoms with Crippen LogP contribution in [0.2, 0.25) is 0 Å². The van der Waals surface area contributed by atoms with Crippen molar-refractivity contribution in [1.82, 2.24) is 5.32 Å². The van der Waals surface area contributed by atoms with Gasteiger partial charge in [0.05, 0.1) is 0 Å². The number of hydrogen-bond acceptors (Lipinski definition) is 3. The Kier molecular flexibility index (Phi) is 11.3. The van der Waals surface area contributed by atoms with E-state index in [1.165, 1.54) is 32.1 Å². The molecule has 0 aromatic carbocycles. The van der Waals surface area contributed by atoms with Crippen LogP contribution in [0.1, 0.15) is 58.8 Å². The number of carbonyl (C=O) groups is 2. The SMILES string of the molecule is CC(=O)O.CCCC(Cl)OC(=O)NCC1CCCCC1. The second kappa shape index (κ2) is 11.8. The lowest BCUT2D eigenvalue weighted by molar-refractivity contribution is -0.134. The number of halogens is 1. The van der Waals surface area contributed by atoms with Crippen molar-refractivity contribution < 1.29 is 19.4 Å². The first-order valence-corrected chi connectivity index (χ1v) is 7.67. The molecule has 1 aliphatic rings. The fourth-order valence-corrected chi connectivity index (χ4v) is 2.36. The summed E-state index contributed by atoms with van der Waals surface area (Å²) in [6.07, 6.45) is 7.60. The molecule has 1 fully saturated rings. The van der Waals surface area contributed by atoms with Crippen molar-refractivity contribution in [3.05, 3.63) is 0 Å². The average Bonchev–Trinajstić information content (AvgIpc) is 2.37. The number of alkyl carbamates (subject to hydrolysis) is 1. The van der Waals surface area contributed by atoms with Gasteiger partial charge >= 0.3 is 6.09 Å². The number of carboxylic acid groups (broad SMARTS) is 1. The van der Waals surface area contributed by atoms with E-state index in [9.17, 15) is 4.79 Å². The van der Waals surface area contributed by atoms with Crippen LogP contribution in [-0.4, -0.2) is 29.3 Å². The lowest BCUT2D eigenvalue weighted by Crippen LogP contribution is -2.32. The highest BCUT2D eigenvalue weighted by Gasteiger charge is 2.15. The van der Waals surface area contributed by atoms with Crippen molar-refractivity contribution in [3.8, 4) is 0 Å². The maximum atomic E-state index is 11.4. The molecule has 118 valence electrons. The molecule has 1 atom stereocenters. The minimum Gasteiger partial charge on any atom is -0.481 e. The molecule has 1 aliphatic carbocycles. The topological polar surface area (TPSA) is 75.6 Å². The average molecular weight is 308 g/mol. The number of amides is 1. The molecule has 1 amide bonds. The van der Waals surface area contributed by atoms with E-state index in [-0.39, 0.29) is 6.09 Å². The molecule has 0 aromatic rings. The highest BCUT2D eigenvalue weighted by molar-refractivity contribution is 6.20. The molecule has 1 rings (SSSR count). The Labute approximate surface area is 126 Å². The van der Waals surface area contributed by atoms with Crippen molar-refractivity contribution >= 4 is 23.7 Å². The molecule has 1 unspecified atom stereocenters. The molecule has 0 aromatic heterocycles. The highest BCUT2D eigenvalue weighted by atomic mass is 35.5. The zero-order valence-corrected chi connectivity index (χ0v) is 13.1. The summed E-state index contributed by atoms with van der Waals surface area (Å²) < 4.78 is 5.00. The maximum absolute atomic E-state index is 11.4. The molecule has 20 heavy (non-hydrogen) atoms. The monoisotopic (exact) mass is 307 g/mol. The summed E-state index contributed by atoms with van der Waals surface area (Å²) in [6, 6.07) is 0. The maximum Gasteiger partial charge on any atom is 0.408 e. The first-order valence-electron chi connectivity index (χ1n) is 7.23. The van der Waals surface area contributed by atoms with E-state index in [4.69, 9.17) is 26.2 Å². The molecular formula is C14H26ClNO4. The Morgan fingerprint density at radius 2 is 1.90 bits per heavy atom. The Balaban J connectivity index is 0.000000796. The van der Waals surface area contributed by atoms with Crippen LogP contribution < -0.4 is 5.32 Å². The third-order valence-corrected chi connectivity index (χ3v) is 3.32. The zero-order chi connectivity index (χ0) is 15.4. The van der Waals surface area contributed by atoms with Gasteiger partial charge in [0.25, 0.3) is 5.97 Å². The summed E-state index contributed by atoms with van der Waals surface area (Å²) in [4.78, 5) is 20.4. The van der Waals surface area contributed by atoms with Crippen molar-refractivity contribution in [2.24, 2.45) is 5.92 Å². The van der Waals surface area contributed by atoms with Gasteiger partial charge in [0.2, 0.25) is 0 Å².